The molecule has 2 aromatic rings. The van der Waals surface area contributed by atoms with Gasteiger partial charge in [-0.25, -0.2) is 4.98 Å². The summed E-state index contributed by atoms with van der Waals surface area (Å²) >= 11 is 0. The summed E-state index contributed by atoms with van der Waals surface area (Å²) in [5.74, 6) is 1.06. The Morgan fingerprint density at radius 2 is 1.95 bits per heavy atom. The van der Waals surface area contributed by atoms with Crippen LogP contribution in [0.3, 0.4) is 0 Å². The minimum atomic E-state index is 0.741. The molecule has 1 aromatic heterocycles. The molecular formula is C18H23N3. The van der Waals surface area contributed by atoms with Crippen molar-refractivity contribution in [1.29, 1.82) is 0 Å². The zero-order valence-corrected chi connectivity index (χ0v) is 12.8. The van der Waals surface area contributed by atoms with Gasteiger partial charge < -0.3 is 10.2 Å². The SMILES string of the molecule is Cc1cc(CNC2CC2)cnc1N(C)Cc1ccccc1. The summed E-state index contributed by atoms with van der Waals surface area (Å²) in [4.78, 5) is 6.87. The van der Waals surface area contributed by atoms with Crippen LogP contribution in [0.4, 0.5) is 5.82 Å². The Morgan fingerprint density at radius 1 is 1.19 bits per heavy atom. The van der Waals surface area contributed by atoms with Gasteiger partial charge in [0.05, 0.1) is 0 Å². The first-order valence-corrected chi connectivity index (χ1v) is 7.66. The molecule has 1 aliphatic rings. The number of pyridine rings is 1. The average Bonchev–Trinajstić information content (AvgIpc) is 3.30. The zero-order chi connectivity index (χ0) is 14.7. The van der Waals surface area contributed by atoms with E-state index in [4.69, 9.17) is 0 Å². The van der Waals surface area contributed by atoms with Crippen molar-refractivity contribution in [2.24, 2.45) is 0 Å². The number of nitrogens with one attached hydrogen (secondary N) is 1. The van der Waals surface area contributed by atoms with Crippen LogP contribution in [-0.4, -0.2) is 18.1 Å². The Morgan fingerprint density at radius 3 is 2.62 bits per heavy atom. The third-order valence-corrected chi connectivity index (χ3v) is 3.90. The van der Waals surface area contributed by atoms with Gasteiger partial charge in [0.1, 0.15) is 5.82 Å². The van der Waals surface area contributed by atoms with Gasteiger partial charge in [-0.15, -0.1) is 0 Å². The van der Waals surface area contributed by atoms with E-state index in [9.17, 15) is 0 Å². The van der Waals surface area contributed by atoms with Crippen LogP contribution in [0, 0.1) is 6.92 Å². The van der Waals surface area contributed by atoms with Crippen molar-refractivity contribution >= 4 is 5.82 Å². The second-order valence-corrected chi connectivity index (χ2v) is 5.98. The van der Waals surface area contributed by atoms with Gasteiger partial charge in [0.2, 0.25) is 0 Å². The summed E-state index contributed by atoms with van der Waals surface area (Å²) in [7, 11) is 2.10. The Kier molecular flexibility index (Phi) is 4.20. The van der Waals surface area contributed by atoms with E-state index in [2.05, 4.69) is 65.6 Å². The number of aryl methyl sites for hydroxylation is 1. The highest BCUT2D eigenvalue weighted by Gasteiger charge is 2.20. The van der Waals surface area contributed by atoms with Crippen LogP contribution in [0.2, 0.25) is 0 Å². The van der Waals surface area contributed by atoms with Gasteiger partial charge in [0.15, 0.2) is 0 Å². The topological polar surface area (TPSA) is 28.2 Å². The molecular weight excluding hydrogens is 258 g/mol. The molecule has 1 fully saturated rings. The van der Waals surface area contributed by atoms with Crippen molar-refractivity contribution in [3.8, 4) is 0 Å². The molecule has 110 valence electrons. The predicted octanol–water partition coefficient (Wildman–Crippen LogP) is 3.28. The fourth-order valence-electron chi connectivity index (χ4n) is 2.60. The van der Waals surface area contributed by atoms with E-state index in [0.717, 1.165) is 24.9 Å². The van der Waals surface area contributed by atoms with Gasteiger partial charge >= 0.3 is 0 Å². The molecule has 1 N–H and O–H groups in total. The Bertz CT molecular complexity index is 591. The van der Waals surface area contributed by atoms with Crippen LogP contribution in [-0.2, 0) is 13.1 Å². The second kappa shape index (κ2) is 6.27. The molecule has 1 saturated carbocycles. The van der Waals surface area contributed by atoms with E-state index < -0.39 is 0 Å². The largest absolute Gasteiger partial charge is 0.355 e. The van der Waals surface area contributed by atoms with Gasteiger partial charge in [-0.2, -0.15) is 0 Å². The summed E-state index contributed by atoms with van der Waals surface area (Å²) in [5.41, 5.74) is 3.82. The smallest absolute Gasteiger partial charge is 0.131 e. The van der Waals surface area contributed by atoms with Gasteiger partial charge in [-0.1, -0.05) is 30.3 Å². The first-order valence-electron chi connectivity index (χ1n) is 7.66. The fraction of sp³-hybridized carbons (Fsp3) is 0.389. The molecule has 3 rings (SSSR count). The molecule has 0 bridgehead atoms. The van der Waals surface area contributed by atoms with E-state index in [0.29, 0.717) is 0 Å². The standard InChI is InChI=1S/C18H23N3/c1-14-10-16(11-19-17-8-9-17)12-20-18(14)21(2)13-15-6-4-3-5-7-15/h3-7,10,12,17,19H,8-9,11,13H2,1-2H3. The number of nitrogens with zero attached hydrogens (tertiary/aromatic N) is 2. The third kappa shape index (κ3) is 3.82. The minimum Gasteiger partial charge on any atom is -0.355 e. The lowest BCUT2D eigenvalue weighted by Gasteiger charge is -2.21. The number of aromatic nitrogens is 1. The predicted molar refractivity (Wildman–Crippen MR) is 87.4 cm³/mol. The highest BCUT2D eigenvalue weighted by atomic mass is 15.2. The maximum Gasteiger partial charge on any atom is 0.131 e. The number of hydrogen-bond acceptors (Lipinski definition) is 3. The molecule has 3 heteroatoms. The Labute approximate surface area is 127 Å². The van der Waals surface area contributed by atoms with Gasteiger partial charge in [0.25, 0.3) is 0 Å². The van der Waals surface area contributed by atoms with E-state index in [1.807, 2.05) is 6.20 Å². The van der Waals surface area contributed by atoms with Crippen molar-refractivity contribution in [3.05, 3.63) is 59.3 Å². The van der Waals surface area contributed by atoms with Crippen molar-refractivity contribution in [2.45, 2.75) is 38.9 Å². The van der Waals surface area contributed by atoms with Gasteiger partial charge in [-0.05, 0) is 42.5 Å². The lowest BCUT2D eigenvalue weighted by molar-refractivity contribution is 0.685. The third-order valence-electron chi connectivity index (χ3n) is 3.90. The van der Waals surface area contributed by atoms with Crippen molar-refractivity contribution in [3.63, 3.8) is 0 Å². The average molecular weight is 281 g/mol. The monoisotopic (exact) mass is 281 g/mol. The highest BCUT2D eigenvalue weighted by molar-refractivity contribution is 5.47. The molecule has 1 heterocycles. The first-order chi connectivity index (χ1) is 10.2. The Hall–Kier alpha value is -1.87. The lowest BCUT2D eigenvalue weighted by atomic mass is 10.1. The van der Waals surface area contributed by atoms with Crippen LogP contribution >= 0.6 is 0 Å². The van der Waals surface area contributed by atoms with Gasteiger partial charge in [-0.3, -0.25) is 0 Å². The van der Waals surface area contributed by atoms with E-state index in [1.54, 1.807) is 0 Å². The summed E-state index contributed by atoms with van der Waals surface area (Å²) in [6.07, 6.45) is 4.65. The second-order valence-electron chi connectivity index (χ2n) is 5.98. The first kappa shape index (κ1) is 14.1. The molecule has 1 aliphatic carbocycles. The maximum absolute atomic E-state index is 4.66. The number of benzene rings is 1. The molecule has 1 aromatic carbocycles. The zero-order valence-electron chi connectivity index (χ0n) is 12.8. The molecule has 0 aliphatic heterocycles. The number of hydrogen-bond donors (Lipinski definition) is 1. The maximum atomic E-state index is 4.66. The normalized spacial score (nSPS) is 14.2. The van der Waals surface area contributed by atoms with E-state index in [1.165, 1.54) is 29.5 Å². The summed E-state index contributed by atoms with van der Waals surface area (Å²) in [5, 5.41) is 3.54. The molecule has 0 unspecified atom stereocenters. The van der Waals surface area contributed by atoms with Crippen molar-refractivity contribution in [2.75, 3.05) is 11.9 Å². The fourth-order valence-corrected chi connectivity index (χ4v) is 2.60. The quantitative estimate of drug-likeness (QED) is 0.880. The molecule has 0 spiro atoms. The van der Waals surface area contributed by atoms with E-state index in [-0.39, 0.29) is 0 Å². The van der Waals surface area contributed by atoms with Crippen molar-refractivity contribution in [1.82, 2.24) is 10.3 Å². The van der Waals surface area contributed by atoms with Crippen LogP contribution in [0.25, 0.3) is 0 Å². The molecule has 3 nitrogen and oxygen atoms in total. The molecule has 0 saturated heterocycles. The summed E-state index contributed by atoms with van der Waals surface area (Å²) < 4.78 is 0. The van der Waals surface area contributed by atoms with Crippen LogP contribution in [0.5, 0.6) is 0 Å². The summed E-state index contributed by atoms with van der Waals surface area (Å²) in [6.45, 7) is 3.96. The highest BCUT2D eigenvalue weighted by Crippen LogP contribution is 2.21. The number of rotatable bonds is 6. The molecule has 0 amide bonds. The number of anilines is 1. The molecule has 0 radical (unpaired) electrons. The van der Waals surface area contributed by atoms with E-state index >= 15 is 0 Å². The van der Waals surface area contributed by atoms with Crippen LogP contribution in [0.1, 0.15) is 29.5 Å². The Balaban J connectivity index is 1.66. The minimum absolute atomic E-state index is 0.741. The van der Waals surface area contributed by atoms with Gasteiger partial charge in [0, 0.05) is 32.4 Å². The van der Waals surface area contributed by atoms with Crippen molar-refractivity contribution < 1.29 is 0 Å². The van der Waals surface area contributed by atoms with Crippen LogP contribution < -0.4 is 10.2 Å². The lowest BCUT2D eigenvalue weighted by Crippen LogP contribution is -2.20. The molecule has 0 atom stereocenters. The summed E-state index contributed by atoms with van der Waals surface area (Å²) in [6, 6.07) is 13.5. The molecule has 21 heavy (non-hydrogen) atoms. The van der Waals surface area contributed by atoms with Crippen LogP contribution in [0.15, 0.2) is 42.6 Å².